The minimum Gasteiger partial charge on any atom is -0.381 e. The first-order valence-corrected chi connectivity index (χ1v) is 12.2. The maximum Gasteiger partial charge on any atom is 0.230 e. The number of amides is 1. The van der Waals surface area contributed by atoms with Crippen LogP contribution in [0.25, 0.3) is 0 Å². The van der Waals surface area contributed by atoms with Crippen molar-refractivity contribution < 1.29 is 9.53 Å². The third kappa shape index (κ3) is 3.54. The van der Waals surface area contributed by atoms with Gasteiger partial charge in [-0.1, -0.05) is 25.3 Å². The molecule has 3 aliphatic heterocycles. The van der Waals surface area contributed by atoms with E-state index in [1.807, 2.05) is 17.2 Å². The van der Waals surface area contributed by atoms with Crippen molar-refractivity contribution in [2.75, 3.05) is 41.4 Å². The van der Waals surface area contributed by atoms with Gasteiger partial charge >= 0.3 is 0 Å². The molecule has 1 saturated carbocycles. The predicted molar refractivity (Wildman–Crippen MR) is 126 cm³/mol. The lowest BCUT2D eigenvalue weighted by Crippen LogP contribution is -2.60. The maximum atomic E-state index is 13.7. The number of rotatable bonds is 2. The van der Waals surface area contributed by atoms with Gasteiger partial charge in [-0.3, -0.25) is 4.79 Å². The van der Waals surface area contributed by atoms with Crippen LogP contribution >= 0.6 is 0 Å². The van der Waals surface area contributed by atoms with Gasteiger partial charge in [0.25, 0.3) is 0 Å². The molecule has 2 aromatic rings. The van der Waals surface area contributed by atoms with E-state index in [0.29, 0.717) is 12.0 Å². The Morgan fingerprint density at radius 3 is 2.81 bits per heavy atom. The number of nitrogens with one attached hydrogen (secondary N) is 1. The lowest BCUT2D eigenvalue weighted by Gasteiger charge is -2.53. The Kier molecular flexibility index (Phi) is 5.05. The Balaban J connectivity index is 1.32. The van der Waals surface area contributed by atoms with Gasteiger partial charge in [-0.2, -0.15) is 0 Å². The van der Waals surface area contributed by atoms with E-state index in [0.717, 1.165) is 81.2 Å². The number of carbonyl (C=O) groups is 1. The van der Waals surface area contributed by atoms with Gasteiger partial charge in [0.2, 0.25) is 5.91 Å². The molecule has 6 rings (SSSR count). The van der Waals surface area contributed by atoms with E-state index in [9.17, 15) is 4.79 Å². The molecule has 1 N–H and O–H groups in total. The van der Waals surface area contributed by atoms with Gasteiger partial charge in [-0.15, -0.1) is 0 Å². The van der Waals surface area contributed by atoms with Crippen LogP contribution < -0.4 is 15.1 Å². The largest absolute Gasteiger partial charge is 0.381 e. The van der Waals surface area contributed by atoms with Gasteiger partial charge in [0.15, 0.2) is 0 Å². The Morgan fingerprint density at radius 2 is 2.00 bits per heavy atom. The van der Waals surface area contributed by atoms with E-state index in [1.54, 1.807) is 0 Å². The van der Waals surface area contributed by atoms with Crippen molar-refractivity contribution in [3.63, 3.8) is 0 Å². The molecule has 1 amide bonds. The van der Waals surface area contributed by atoms with Crippen molar-refractivity contribution in [2.45, 2.75) is 51.5 Å². The fraction of sp³-hybridized carbons (Fsp3) is 0.538. The quantitative estimate of drug-likeness (QED) is 0.734. The summed E-state index contributed by atoms with van der Waals surface area (Å²) in [7, 11) is 0. The highest BCUT2D eigenvalue weighted by Crippen LogP contribution is 2.44. The van der Waals surface area contributed by atoms with Gasteiger partial charge in [0.05, 0.1) is 24.5 Å². The summed E-state index contributed by atoms with van der Waals surface area (Å²) in [6.45, 7) is 4.43. The van der Waals surface area contributed by atoms with Gasteiger partial charge in [-0.25, -0.2) is 4.98 Å². The minimum absolute atomic E-state index is 0.130. The van der Waals surface area contributed by atoms with Crippen molar-refractivity contribution in [1.29, 1.82) is 0 Å². The first-order valence-electron chi connectivity index (χ1n) is 12.2. The zero-order chi connectivity index (χ0) is 21.5. The second-order valence-electron chi connectivity index (χ2n) is 10.1. The van der Waals surface area contributed by atoms with E-state index in [-0.39, 0.29) is 11.8 Å². The molecule has 32 heavy (non-hydrogen) atoms. The smallest absolute Gasteiger partial charge is 0.230 e. The molecule has 0 radical (unpaired) electrons. The number of aromatic nitrogens is 1. The van der Waals surface area contributed by atoms with Gasteiger partial charge in [0.1, 0.15) is 5.82 Å². The number of anilines is 4. The maximum absolute atomic E-state index is 13.7. The van der Waals surface area contributed by atoms with E-state index < -0.39 is 0 Å². The summed E-state index contributed by atoms with van der Waals surface area (Å²) >= 11 is 0. The van der Waals surface area contributed by atoms with Crippen molar-refractivity contribution in [3.8, 4) is 0 Å². The molecule has 3 fully saturated rings. The van der Waals surface area contributed by atoms with E-state index in [4.69, 9.17) is 4.74 Å². The van der Waals surface area contributed by atoms with Crippen LogP contribution in [0.3, 0.4) is 0 Å². The zero-order valence-electron chi connectivity index (χ0n) is 18.7. The lowest BCUT2D eigenvalue weighted by molar-refractivity contribution is -0.123. The molecule has 0 bridgehead atoms. The van der Waals surface area contributed by atoms with Crippen LogP contribution in [0.4, 0.5) is 22.9 Å². The summed E-state index contributed by atoms with van der Waals surface area (Å²) in [5.41, 5.74) is 4.53. The highest BCUT2D eigenvalue weighted by atomic mass is 16.5. The Morgan fingerprint density at radius 1 is 1.12 bits per heavy atom. The third-order valence-electron chi connectivity index (χ3n) is 7.79. The summed E-state index contributed by atoms with van der Waals surface area (Å²) in [4.78, 5) is 22.7. The van der Waals surface area contributed by atoms with E-state index >= 15 is 0 Å². The lowest BCUT2D eigenvalue weighted by atomic mass is 9.75. The summed E-state index contributed by atoms with van der Waals surface area (Å²) in [5.74, 6) is 1.25. The summed E-state index contributed by atoms with van der Waals surface area (Å²) < 4.78 is 5.77. The number of hydrogen-bond acceptors (Lipinski definition) is 5. The van der Waals surface area contributed by atoms with Crippen LogP contribution in [0, 0.1) is 11.3 Å². The van der Waals surface area contributed by atoms with Crippen LogP contribution in [0.1, 0.15) is 50.5 Å². The molecule has 4 heterocycles. The number of nitrogens with zero attached hydrogens (tertiary/aromatic N) is 3. The molecular weight excluding hydrogens is 400 g/mol. The second kappa shape index (κ2) is 8.07. The molecule has 168 valence electrons. The van der Waals surface area contributed by atoms with Crippen molar-refractivity contribution >= 4 is 28.8 Å². The summed E-state index contributed by atoms with van der Waals surface area (Å²) in [5, 5.41) is 3.51. The number of hydrogen-bond donors (Lipinski definition) is 1. The molecule has 4 aliphatic rings. The van der Waals surface area contributed by atoms with Crippen LogP contribution in [0.5, 0.6) is 0 Å². The fourth-order valence-corrected chi connectivity index (χ4v) is 5.98. The minimum atomic E-state index is 0.130. The Hall–Kier alpha value is -2.60. The van der Waals surface area contributed by atoms with Crippen molar-refractivity contribution in [3.05, 3.63) is 42.1 Å². The van der Waals surface area contributed by atoms with Crippen molar-refractivity contribution in [2.24, 2.45) is 11.3 Å². The molecule has 0 atom stereocenters. The number of fused-ring (bicyclic) bond motifs is 2. The Bertz CT molecular complexity index is 1000. The third-order valence-corrected chi connectivity index (χ3v) is 7.79. The average molecular weight is 433 g/mol. The molecule has 1 spiro atoms. The monoisotopic (exact) mass is 432 g/mol. The van der Waals surface area contributed by atoms with Gasteiger partial charge in [0, 0.05) is 48.5 Å². The van der Waals surface area contributed by atoms with Gasteiger partial charge in [-0.05, 0) is 49.9 Å². The second-order valence-corrected chi connectivity index (χ2v) is 10.1. The summed E-state index contributed by atoms with van der Waals surface area (Å²) in [6, 6.07) is 10.5. The molecular formula is C26H32N4O2. The number of pyridine rings is 1. The van der Waals surface area contributed by atoms with Crippen LogP contribution in [-0.2, 0) is 16.1 Å². The zero-order valence-corrected chi connectivity index (χ0v) is 18.7. The average Bonchev–Trinajstić information content (AvgIpc) is 2.99. The number of ether oxygens (including phenoxy) is 1. The highest BCUT2D eigenvalue weighted by Gasteiger charge is 2.44. The van der Waals surface area contributed by atoms with Crippen LogP contribution in [-0.4, -0.2) is 37.2 Å². The fourth-order valence-electron chi connectivity index (χ4n) is 5.98. The number of benzene rings is 1. The van der Waals surface area contributed by atoms with Crippen LogP contribution in [0.2, 0.25) is 0 Å². The van der Waals surface area contributed by atoms with Gasteiger partial charge < -0.3 is 19.9 Å². The molecule has 6 heteroatoms. The molecule has 1 aliphatic carbocycles. The molecule has 1 aromatic heterocycles. The highest BCUT2D eigenvalue weighted by molar-refractivity contribution is 6.00. The molecule has 2 saturated heterocycles. The molecule has 6 nitrogen and oxygen atoms in total. The first kappa shape index (κ1) is 20.0. The first-order chi connectivity index (χ1) is 15.7. The predicted octanol–water partition coefficient (Wildman–Crippen LogP) is 4.87. The van der Waals surface area contributed by atoms with Crippen LogP contribution in [0.15, 0.2) is 36.5 Å². The topological polar surface area (TPSA) is 57.7 Å². The standard InChI is InChI=1S/C26H32N4O2/c31-25(19-6-2-1-3-7-19)30-15-20-8-4-12-27-24(20)28-22-10-9-21(14-23(22)30)29-16-26(17-29)11-5-13-32-18-26/h4,8-10,12,14,19H,1-3,5-7,11,13,15-18H2,(H,27,28). The Labute approximate surface area is 190 Å². The normalized spacial score (nSPS) is 22.4. The number of carbonyl (C=O) groups excluding carboxylic acids is 1. The SMILES string of the molecule is O=C(C1CCCCC1)N1Cc2cccnc2Nc2ccc(N3CC4(CCCOC4)C3)cc21. The summed E-state index contributed by atoms with van der Waals surface area (Å²) in [6.07, 6.45) is 9.80. The van der Waals surface area contributed by atoms with E-state index in [1.165, 1.54) is 18.5 Å². The van der Waals surface area contributed by atoms with E-state index in [2.05, 4.69) is 39.5 Å². The molecule has 1 aromatic carbocycles. The van der Waals surface area contributed by atoms with Crippen molar-refractivity contribution in [1.82, 2.24) is 4.98 Å². The molecule has 0 unspecified atom stereocenters.